The molecule has 1 fully saturated rings. The van der Waals surface area contributed by atoms with Gasteiger partial charge >= 0.3 is 5.97 Å². The second kappa shape index (κ2) is 4.45. The highest BCUT2D eigenvalue weighted by Gasteiger charge is 2.41. The molecule has 80 valence electrons. The fraction of sp³-hybridized carbons (Fsp3) is 0.417. The van der Waals surface area contributed by atoms with E-state index in [1.54, 1.807) is 0 Å². The molecule has 1 aromatic rings. The van der Waals surface area contributed by atoms with Crippen LogP contribution in [0.15, 0.2) is 30.3 Å². The molecule has 0 radical (unpaired) electrons. The predicted molar refractivity (Wildman–Crippen MR) is 55.2 cm³/mol. The van der Waals surface area contributed by atoms with Gasteiger partial charge in [0.2, 0.25) is 0 Å². The third-order valence-electron chi connectivity index (χ3n) is 2.78. The van der Waals surface area contributed by atoms with Crippen molar-refractivity contribution in [3.05, 3.63) is 35.9 Å². The molecule has 0 saturated carbocycles. The molecule has 2 atom stereocenters. The Morgan fingerprint density at radius 1 is 1.27 bits per heavy atom. The van der Waals surface area contributed by atoms with Crippen molar-refractivity contribution in [2.24, 2.45) is 5.92 Å². The minimum absolute atomic E-state index is 0.0947. The summed E-state index contributed by atoms with van der Waals surface area (Å²) >= 11 is 0. The van der Waals surface area contributed by atoms with Gasteiger partial charge in [-0.15, -0.1) is 0 Å². The van der Waals surface area contributed by atoms with E-state index in [4.69, 9.17) is 9.84 Å². The maximum Gasteiger partial charge on any atom is 0.315 e. The first-order valence-corrected chi connectivity index (χ1v) is 5.16. The van der Waals surface area contributed by atoms with Gasteiger partial charge in [0, 0.05) is 0 Å². The average Bonchev–Trinajstić information content (AvgIpc) is 2.26. The molecule has 1 aromatic carbocycles. The van der Waals surface area contributed by atoms with Gasteiger partial charge in [0.15, 0.2) is 0 Å². The summed E-state index contributed by atoms with van der Waals surface area (Å²) in [7, 11) is 0. The Morgan fingerprint density at radius 2 is 2.00 bits per heavy atom. The number of esters is 1. The Balaban J connectivity index is 1.82. The van der Waals surface area contributed by atoms with E-state index in [0.717, 1.165) is 12.8 Å². The Morgan fingerprint density at radius 3 is 2.60 bits per heavy atom. The molecule has 0 unspecified atom stereocenters. The predicted octanol–water partition coefficient (Wildman–Crippen LogP) is 1.15. The van der Waals surface area contributed by atoms with Crippen molar-refractivity contribution >= 4 is 5.97 Å². The van der Waals surface area contributed by atoms with E-state index in [2.05, 4.69) is 12.1 Å². The average molecular weight is 206 g/mol. The quantitative estimate of drug-likeness (QED) is 0.752. The standard InChI is InChI=1S/C12H14O3/c13-8-10-11(15-12(10)14)7-6-9-4-2-1-3-5-9/h1-5,10-11,13H,6-8H2/t10-,11-/m0/s1. The van der Waals surface area contributed by atoms with Crippen LogP contribution >= 0.6 is 0 Å². The van der Waals surface area contributed by atoms with Gasteiger partial charge in [-0.05, 0) is 18.4 Å². The van der Waals surface area contributed by atoms with E-state index >= 15 is 0 Å². The number of aliphatic hydroxyl groups excluding tert-OH is 1. The second-order valence-electron chi connectivity index (χ2n) is 3.79. The Kier molecular flexibility index (Phi) is 3.02. The van der Waals surface area contributed by atoms with Gasteiger partial charge in [0.1, 0.15) is 12.0 Å². The fourth-order valence-electron chi connectivity index (χ4n) is 1.80. The third-order valence-corrected chi connectivity index (χ3v) is 2.78. The minimum Gasteiger partial charge on any atom is -0.461 e. The van der Waals surface area contributed by atoms with Gasteiger partial charge in [-0.3, -0.25) is 4.79 Å². The summed E-state index contributed by atoms with van der Waals surface area (Å²) in [6.45, 7) is -0.0989. The van der Waals surface area contributed by atoms with Crippen molar-refractivity contribution in [1.29, 1.82) is 0 Å². The van der Waals surface area contributed by atoms with Crippen LogP contribution in [0.25, 0.3) is 0 Å². The lowest BCUT2D eigenvalue weighted by Gasteiger charge is -2.33. The second-order valence-corrected chi connectivity index (χ2v) is 3.79. The number of cyclic esters (lactones) is 1. The first-order valence-electron chi connectivity index (χ1n) is 5.16. The molecule has 1 N–H and O–H groups in total. The fourth-order valence-corrected chi connectivity index (χ4v) is 1.80. The van der Waals surface area contributed by atoms with Crippen molar-refractivity contribution in [2.75, 3.05) is 6.61 Å². The van der Waals surface area contributed by atoms with Crippen LogP contribution in [-0.4, -0.2) is 23.8 Å². The number of carbonyl (C=O) groups is 1. The summed E-state index contributed by atoms with van der Waals surface area (Å²) in [5, 5.41) is 8.92. The van der Waals surface area contributed by atoms with E-state index in [9.17, 15) is 4.79 Å². The first kappa shape index (κ1) is 10.2. The molecule has 3 nitrogen and oxygen atoms in total. The maximum atomic E-state index is 10.9. The highest BCUT2D eigenvalue weighted by molar-refractivity contribution is 5.78. The summed E-state index contributed by atoms with van der Waals surface area (Å²) < 4.78 is 4.97. The van der Waals surface area contributed by atoms with E-state index in [0.29, 0.717) is 0 Å². The smallest absolute Gasteiger partial charge is 0.315 e. The van der Waals surface area contributed by atoms with E-state index in [-0.39, 0.29) is 24.6 Å². The summed E-state index contributed by atoms with van der Waals surface area (Å²) in [5.41, 5.74) is 1.23. The monoisotopic (exact) mass is 206 g/mol. The molecule has 1 aliphatic rings. The van der Waals surface area contributed by atoms with Crippen molar-refractivity contribution in [3.8, 4) is 0 Å². The van der Waals surface area contributed by atoms with Crippen molar-refractivity contribution < 1.29 is 14.6 Å². The number of hydrogen-bond acceptors (Lipinski definition) is 3. The van der Waals surface area contributed by atoms with Crippen LogP contribution in [0.2, 0.25) is 0 Å². The lowest BCUT2D eigenvalue weighted by Crippen LogP contribution is -2.47. The van der Waals surface area contributed by atoms with Crippen LogP contribution in [0.1, 0.15) is 12.0 Å². The van der Waals surface area contributed by atoms with Crippen molar-refractivity contribution in [2.45, 2.75) is 18.9 Å². The van der Waals surface area contributed by atoms with Gasteiger partial charge in [-0.2, -0.15) is 0 Å². The zero-order chi connectivity index (χ0) is 10.7. The Labute approximate surface area is 88.7 Å². The summed E-state index contributed by atoms with van der Waals surface area (Å²) in [5.74, 6) is -0.565. The Bertz CT molecular complexity index is 334. The lowest BCUT2D eigenvalue weighted by molar-refractivity contribution is -0.188. The summed E-state index contributed by atoms with van der Waals surface area (Å²) in [4.78, 5) is 10.9. The molecular weight excluding hydrogens is 192 g/mol. The van der Waals surface area contributed by atoms with Crippen LogP contribution in [-0.2, 0) is 16.0 Å². The molecule has 1 aliphatic heterocycles. The van der Waals surface area contributed by atoms with E-state index < -0.39 is 0 Å². The topological polar surface area (TPSA) is 46.5 Å². The Hall–Kier alpha value is -1.35. The zero-order valence-electron chi connectivity index (χ0n) is 8.43. The van der Waals surface area contributed by atoms with Gasteiger partial charge in [0.05, 0.1) is 6.61 Å². The minimum atomic E-state index is -0.297. The molecule has 3 heteroatoms. The number of ether oxygens (including phenoxy) is 1. The van der Waals surface area contributed by atoms with Crippen LogP contribution in [0.4, 0.5) is 0 Å². The van der Waals surface area contributed by atoms with E-state index in [1.165, 1.54) is 5.56 Å². The molecule has 15 heavy (non-hydrogen) atoms. The largest absolute Gasteiger partial charge is 0.461 e. The zero-order valence-corrected chi connectivity index (χ0v) is 8.43. The van der Waals surface area contributed by atoms with Crippen LogP contribution in [0.3, 0.4) is 0 Å². The normalized spacial score (nSPS) is 24.5. The number of aryl methyl sites for hydroxylation is 1. The maximum absolute atomic E-state index is 10.9. The van der Waals surface area contributed by atoms with Crippen molar-refractivity contribution in [1.82, 2.24) is 0 Å². The van der Waals surface area contributed by atoms with Gasteiger partial charge < -0.3 is 9.84 Å². The number of carbonyl (C=O) groups excluding carboxylic acids is 1. The van der Waals surface area contributed by atoms with Crippen LogP contribution < -0.4 is 0 Å². The highest BCUT2D eigenvalue weighted by atomic mass is 16.6. The van der Waals surface area contributed by atoms with E-state index in [1.807, 2.05) is 18.2 Å². The molecule has 1 saturated heterocycles. The number of rotatable bonds is 4. The third kappa shape index (κ3) is 2.18. The molecule has 0 bridgehead atoms. The molecule has 0 aliphatic carbocycles. The number of benzene rings is 1. The van der Waals surface area contributed by atoms with Gasteiger partial charge in [-0.1, -0.05) is 30.3 Å². The highest BCUT2D eigenvalue weighted by Crippen LogP contribution is 2.25. The van der Waals surface area contributed by atoms with Gasteiger partial charge in [-0.25, -0.2) is 0 Å². The first-order chi connectivity index (χ1) is 7.31. The number of hydrogen-bond donors (Lipinski definition) is 1. The van der Waals surface area contributed by atoms with Crippen LogP contribution in [0, 0.1) is 5.92 Å². The summed E-state index contributed by atoms with van der Waals surface area (Å²) in [6, 6.07) is 10.1. The molecule has 0 aromatic heterocycles. The molecular formula is C12H14O3. The molecule has 2 rings (SSSR count). The molecule has 0 spiro atoms. The lowest BCUT2D eigenvalue weighted by atomic mass is 9.92. The van der Waals surface area contributed by atoms with Gasteiger partial charge in [0.25, 0.3) is 0 Å². The van der Waals surface area contributed by atoms with Crippen LogP contribution in [0.5, 0.6) is 0 Å². The van der Waals surface area contributed by atoms with Crippen molar-refractivity contribution in [3.63, 3.8) is 0 Å². The SMILES string of the molecule is O=C1O[C@@H](CCc2ccccc2)[C@@H]1CO. The number of aliphatic hydroxyl groups is 1. The molecule has 1 heterocycles. The molecule has 0 amide bonds. The summed E-state index contributed by atoms with van der Waals surface area (Å²) in [6.07, 6.45) is 1.58.